The molecule has 5 rings (SSSR count). The van der Waals surface area contributed by atoms with E-state index < -0.39 is 6.04 Å². The molecule has 0 spiro atoms. The van der Waals surface area contributed by atoms with Gasteiger partial charge in [0.15, 0.2) is 0 Å². The summed E-state index contributed by atoms with van der Waals surface area (Å²) in [7, 11) is 0. The Morgan fingerprint density at radius 3 is 2.46 bits per heavy atom. The van der Waals surface area contributed by atoms with Crippen LogP contribution < -0.4 is 10.2 Å². The molecule has 39 heavy (non-hydrogen) atoms. The van der Waals surface area contributed by atoms with Crippen molar-refractivity contribution in [3.8, 4) is 0 Å². The molecule has 0 saturated heterocycles. The van der Waals surface area contributed by atoms with Gasteiger partial charge in [0.1, 0.15) is 11.9 Å². The summed E-state index contributed by atoms with van der Waals surface area (Å²) in [5.41, 5.74) is 2.34. The van der Waals surface area contributed by atoms with Crippen LogP contribution in [-0.2, 0) is 16.1 Å². The molecule has 1 heterocycles. The Kier molecular flexibility index (Phi) is 8.24. The van der Waals surface area contributed by atoms with Crippen molar-refractivity contribution in [2.24, 2.45) is 0 Å². The lowest BCUT2D eigenvalue weighted by atomic mass is 9.95. The molecular formula is C32H36FN3O3. The summed E-state index contributed by atoms with van der Waals surface area (Å²) in [6.45, 7) is 2.55. The molecule has 204 valence electrons. The molecule has 1 N–H and O–H groups in total. The lowest BCUT2D eigenvalue weighted by Crippen LogP contribution is -2.51. The minimum atomic E-state index is -0.615. The maximum absolute atomic E-state index is 13.6. The van der Waals surface area contributed by atoms with E-state index >= 15 is 0 Å². The first-order valence-electron chi connectivity index (χ1n) is 14.1. The van der Waals surface area contributed by atoms with Gasteiger partial charge in [-0.15, -0.1) is 0 Å². The summed E-state index contributed by atoms with van der Waals surface area (Å²) in [5.74, 6) is -0.662. The lowest BCUT2D eigenvalue weighted by Gasteiger charge is -2.33. The van der Waals surface area contributed by atoms with E-state index in [1.165, 1.54) is 18.6 Å². The Morgan fingerprint density at radius 2 is 1.74 bits per heavy atom. The third kappa shape index (κ3) is 5.82. The second-order valence-electron chi connectivity index (χ2n) is 10.7. The fraction of sp³-hybridized carbons (Fsp3) is 0.406. The zero-order valence-electron chi connectivity index (χ0n) is 22.5. The van der Waals surface area contributed by atoms with Gasteiger partial charge >= 0.3 is 0 Å². The molecule has 1 saturated carbocycles. The van der Waals surface area contributed by atoms with Crippen LogP contribution in [0.15, 0.2) is 60.7 Å². The smallest absolute Gasteiger partial charge is 0.258 e. The van der Waals surface area contributed by atoms with Crippen LogP contribution in [0.3, 0.4) is 0 Å². The molecule has 2 aliphatic rings. The van der Waals surface area contributed by atoms with E-state index in [0.717, 1.165) is 47.7 Å². The normalized spacial score (nSPS) is 15.9. The van der Waals surface area contributed by atoms with E-state index in [1.54, 1.807) is 21.9 Å². The number of carbonyl (C=O) groups excluding carboxylic acids is 3. The van der Waals surface area contributed by atoms with E-state index in [9.17, 15) is 18.8 Å². The molecule has 0 aromatic heterocycles. The van der Waals surface area contributed by atoms with E-state index in [1.807, 2.05) is 43.3 Å². The lowest BCUT2D eigenvalue weighted by molar-refractivity contribution is -0.141. The number of carbonyl (C=O) groups is 3. The number of halogens is 1. The second kappa shape index (κ2) is 12.0. The Balaban J connectivity index is 1.29. The second-order valence-corrected chi connectivity index (χ2v) is 10.7. The molecule has 3 aromatic rings. The summed E-state index contributed by atoms with van der Waals surface area (Å²) in [5, 5.41) is 5.17. The highest BCUT2D eigenvalue weighted by molar-refractivity contribution is 6.25. The van der Waals surface area contributed by atoms with E-state index in [-0.39, 0.29) is 42.5 Å². The molecule has 3 amide bonds. The van der Waals surface area contributed by atoms with Crippen LogP contribution in [0, 0.1) is 5.82 Å². The summed E-state index contributed by atoms with van der Waals surface area (Å²) in [6, 6.07) is 17.2. The number of benzene rings is 3. The molecule has 1 atom stereocenters. The Bertz CT molecular complexity index is 1350. The first-order chi connectivity index (χ1) is 19.0. The van der Waals surface area contributed by atoms with Gasteiger partial charge in [0.05, 0.1) is 5.69 Å². The molecule has 0 bridgehead atoms. The Labute approximate surface area is 229 Å². The van der Waals surface area contributed by atoms with Crippen LogP contribution in [0.1, 0.15) is 74.2 Å². The van der Waals surface area contributed by atoms with Gasteiger partial charge in [-0.05, 0) is 60.9 Å². The van der Waals surface area contributed by atoms with Crippen LogP contribution in [0.25, 0.3) is 10.8 Å². The number of anilines is 1. The van der Waals surface area contributed by atoms with Crippen LogP contribution in [0.5, 0.6) is 0 Å². The first-order valence-corrected chi connectivity index (χ1v) is 14.1. The van der Waals surface area contributed by atoms with E-state index in [2.05, 4.69) is 5.32 Å². The number of rotatable bonds is 10. The van der Waals surface area contributed by atoms with Gasteiger partial charge in [0, 0.05) is 36.5 Å². The van der Waals surface area contributed by atoms with Crippen molar-refractivity contribution in [1.29, 1.82) is 0 Å². The van der Waals surface area contributed by atoms with Gasteiger partial charge in [-0.1, -0.05) is 62.6 Å². The minimum absolute atomic E-state index is 0.0456. The van der Waals surface area contributed by atoms with Gasteiger partial charge < -0.3 is 15.1 Å². The number of hydrogen-bond donors (Lipinski definition) is 1. The summed E-state index contributed by atoms with van der Waals surface area (Å²) >= 11 is 0. The number of nitrogens with one attached hydrogen (secondary N) is 1. The largest absolute Gasteiger partial charge is 0.352 e. The highest BCUT2D eigenvalue weighted by atomic mass is 19.1. The third-order valence-electron chi connectivity index (χ3n) is 8.03. The first kappa shape index (κ1) is 26.9. The molecule has 6 nitrogen and oxygen atoms in total. The number of nitrogens with zero attached hydrogens (tertiary/aromatic N) is 2. The van der Waals surface area contributed by atoms with Crippen molar-refractivity contribution >= 4 is 34.2 Å². The molecule has 1 unspecified atom stereocenters. The van der Waals surface area contributed by atoms with E-state index in [0.29, 0.717) is 24.9 Å². The number of hydrogen-bond acceptors (Lipinski definition) is 3. The maximum Gasteiger partial charge on any atom is 0.258 e. The third-order valence-corrected chi connectivity index (χ3v) is 8.03. The quantitative estimate of drug-likeness (QED) is 0.352. The Morgan fingerprint density at radius 1 is 1.03 bits per heavy atom. The molecule has 1 aliphatic carbocycles. The average molecular weight is 530 g/mol. The fourth-order valence-electron chi connectivity index (χ4n) is 5.98. The summed E-state index contributed by atoms with van der Waals surface area (Å²) in [4.78, 5) is 43.5. The highest BCUT2D eigenvalue weighted by Crippen LogP contribution is 2.37. The van der Waals surface area contributed by atoms with Crippen LogP contribution in [0.4, 0.5) is 10.1 Å². The summed E-state index contributed by atoms with van der Waals surface area (Å²) in [6.07, 6.45) is 6.48. The van der Waals surface area contributed by atoms with Crippen LogP contribution >= 0.6 is 0 Å². The van der Waals surface area contributed by atoms with Crippen molar-refractivity contribution in [3.63, 3.8) is 0 Å². The molecular weight excluding hydrogens is 493 g/mol. The van der Waals surface area contributed by atoms with Gasteiger partial charge in [-0.3, -0.25) is 14.4 Å². The van der Waals surface area contributed by atoms with Gasteiger partial charge in [0.2, 0.25) is 11.8 Å². The predicted molar refractivity (Wildman–Crippen MR) is 151 cm³/mol. The SMILES string of the molecule is CCC(C(=O)NC1CCCCC1)N(Cc1ccc(F)cc1)C(=O)CCCN1C(=O)c2cccc3cccc1c23. The fourth-order valence-corrected chi connectivity index (χ4v) is 5.98. The van der Waals surface area contributed by atoms with Crippen molar-refractivity contribution in [3.05, 3.63) is 77.6 Å². The zero-order valence-corrected chi connectivity index (χ0v) is 22.5. The van der Waals surface area contributed by atoms with Gasteiger partial charge in [-0.25, -0.2) is 4.39 Å². The molecule has 1 fully saturated rings. The molecule has 7 heteroatoms. The average Bonchev–Trinajstić information content (AvgIpc) is 3.22. The number of amides is 3. The zero-order chi connectivity index (χ0) is 27.4. The van der Waals surface area contributed by atoms with Crippen molar-refractivity contribution in [2.45, 2.75) is 76.9 Å². The molecule has 1 aliphatic heterocycles. The minimum Gasteiger partial charge on any atom is -0.352 e. The van der Waals surface area contributed by atoms with Crippen LogP contribution in [0.2, 0.25) is 0 Å². The standard InChI is InChI=1S/C32H36FN3O3/c1-2-27(31(38)34-25-11-4-3-5-12-25)36(21-22-16-18-24(33)19-17-22)29(37)15-8-20-35-28-14-7-10-23-9-6-13-26(30(23)28)32(35)39/h6-7,9-10,13-14,16-19,25,27H,2-5,8,11-12,15,20-21H2,1H3,(H,34,38). The van der Waals surface area contributed by atoms with Gasteiger partial charge in [0.25, 0.3) is 5.91 Å². The van der Waals surface area contributed by atoms with Crippen molar-refractivity contribution in [2.75, 3.05) is 11.4 Å². The molecule has 0 radical (unpaired) electrons. The van der Waals surface area contributed by atoms with Crippen LogP contribution in [-0.4, -0.2) is 41.2 Å². The maximum atomic E-state index is 13.6. The van der Waals surface area contributed by atoms with Crippen molar-refractivity contribution in [1.82, 2.24) is 10.2 Å². The van der Waals surface area contributed by atoms with Crippen molar-refractivity contribution < 1.29 is 18.8 Å². The van der Waals surface area contributed by atoms with Gasteiger partial charge in [-0.2, -0.15) is 0 Å². The summed E-state index contributed by atoms with van der Waals surface area (Å²) < 4.78 is 13.5. The Hall–Kier alpha value is -3.74. The highest BCUT2D eigenvalue weighted by Gasteiger charge is 2.32. The topological polar surface area (TPSA) is 69.7 Å². The van der Waals surface area contributed by atoms with E-state index in [4.69, 9.17) is 0 Å². The monoisotopic (exact) mass is 529 g/mol. The predicted octanol–water partition coefficient (Wildman–Crippen LogP) is 5.98. The molecule has 3 aromatic carbocycles.